The van der Waals surface area contributed by atoms with E-state index in [4.69, 9.17) is 12.2 Å². The average molecular weight is 468 g/mol. The molecule has 0 atom stereocenters. The lowest BCUT2D eigenvalue weighted by atomic mass is 10.2. The molecule has 0 saturated heterocycles. The van der Waals surface area contributed by atoms with Crippen LogP contribution in [0.1, 0.15) is 12.8 Å². The Morgan fingerprint density at radius 3 is 2.73 bits per heavy atom. The number of amides is 1. The maximum atomic E-state index is 12.4. The summed E-state index contributed by atoms with van der Waals surface area (Å²) in [7, 11) is 0. The fourth-order valence-electron chi connectivity index (χ4n) is 2.28. The largest absolute Gasteiger partial charge is 0.302 e. The standard InChI is InChI=1S/C17H14BrN3O2S3/c18-12-5-3-11(4-6-12)13-10-15(23)21(17(24)26-13)8-1-2-14(22)20-16-19-7-9-25-16/h3-7,9-10H,1-2,8H2,(H,19,20,22). The van der Waals surface area contributed by atoms with Gasteiger partial charge in [-0.15, -0.1) is 22.7 Å². The molecule has 1 amide bonds. The predicted molar refractivity (Wildman–Crippen MR) is 113 cm³/mol. The molecule has 5 nitrogen and oxygen atoms in total. The summed E-state index contributed by atoms with van der Waals surface area (Å²) in [6.07, 6.45) is 2.47. The molecule has 1 N–H and O–H groups in total. The summed E-state index contributed by atoms with van der Waals surface area (Å²) >= 11 is 11.6. The van der Waals surface area contributed by atoms with Gasteiger partial charge in [0.15, 0.2) is 9.09 Å². The molecule has 0 aliphatic rings. The Morgan fingerprint density at radius 2 is 2.08 bits per heavy atom. The highest BCUT2D eigenvalue weighted by molar-refractivity contribution is 9.10. The number of carbonyl (C=O) groups is 1. The predicted octanol–water partition coefficient (Wildman–Crippen LogP) is 4.94. The van der Waals surface area contributed by atoms with Crippen LogP contribution in [0.3, 0.4) is 0 Å². The van der Waals surface area contributed by atoms with Crippen LogP contribution in [0.25, 0.3) is 10.4 Å². The van der Waals surface area contributed by atoms with Gasteiger partial charge in [-0.2, -0.15) is 0 Å². The maximum absolute atomic E-state index is 12.4. The van der Waals surface area contributed by atoms with Crippen LogP contribution in [0.2, 0.25) is 0 Å². The monoisotopic (exact) mass is 467 g/mol. The first kappa shape index (κ1) is 19.1. The molecule has 2 aromatic heterocycles. The summed E-state index contributed by atoms with van der Waals surface area (Å²) in [5, 5.41) is 5.11. The van der Waals surface area contributed by atoms with Gasteiger partial charge >= 0.3 is 0 Å². The fraction of sp³-hybridized carbons (Fsp3) is 0.176. The minimum Gasteiger partial charge on any atom is -0.302 e. The average Bonchev–Trinajstić information content (AvgIpc) is 3.10. The van der Waals surface area contributed by atoms with Crippen LogP contribution in [0.5, 0.6) is 0 Å². The van der Waals surface area contributed by atoms with Crippen LogP contribution >= 0.6 is 50.8 Å². The molecule has 0 bridgehead atoms. The fourth-order valence-corrected chi connectivity index (χ4v) is 4.43. The number of nitrogens with one attached hydrogen (secondary N) is 1. The first-order valence-electron chi connectivity index (χ1n) is 7.73. The molecule has 3 aromatic rings. The van der Waals surface area contributed by atoms with Crippen molar-refractivity contribution in [2.75, 3.05) is 5.32 Å². The molecule has 2 heterocycles. The number of halogens is 1. The highest BCUT2D eigenvalue weighted by Crippen LogP contribution is 2.24. The van der Waals surface area contributed by atoms with Crippen LogP contribution < -0.4 is 10.9 Å². The van der Waals surface area contributed by atoms with E-state index in [2.05, 4.69) is 26.2 Å². The van der Waals surface area contributed by atoms with E-state index in [-0.39, 0.29) is 11.5 Å². The summed E-state index contributed by atoms with van der Waals surface area (Å²) in [4.78, 5) is 29.1. The van der Waals surface area contributed by atoms with Gasteiger partial charge in [0.1, 0.15) is 0 Å². The number of hydrogen-bond donors (Lipinski definition) is 1. The van der Waals surface area contributed by atoms with Gasteiger partial charge in [-0.25, -0.2) is 4.98 Å². The number of rotatable bonds is 6. The van der Waals surface area contributed by atoms with Crippen LogP contribution in [-0.2, 0) is 11.3 Å². The van der Waals surface area contributed by atoms with Gasteiger partial charge in [-0.3, -0.25) is 14.2 Å². The van der Waals surface area contributed by atoms with Crippen LogP contribution in [-0.4, -0.2) is 15.5 Å². The van der Waals surface area contributed by atoms with E-state index in [0.29, 0.717) is 28.5 Å². The topological polar surface area (TPSA) is 64.0 Å². The molecule has 134 valence electrons. The van der Waals surface area contributed by atoms with Crippen molar-refractivity contribution in [2.45, 2.75) is 19.4 Å². The maximum Gasteiger partial charge on any atom is 0.253 e. The molecule has 0 saturated carbocycles. The van der Waals surface area contributed by atoms with Crippen molar-refractivity contribution in [3.63, 3.8) is 0 Å². The highest BCUT2D eigenvalue weighted by Gasteiger charge is 2.08. The number of nitrogens with zero attached hydrogens (tertiary/aromatic N) is 2. The summed E-state index contributed by atoms with van der Waals surface area (Å²) < 4.78 is 3.03. The lowest BCUT2D eigenvalue weighted by Crippen LogP contribution is -2.20. The Labute approximate surface area is 171 Å². The molecule has 0 spiro atoms. The van der Waals surface area contributed by atoms with Crippen molar-refractivity contribution >= 4 is 61.9 Å². The van der Waals surface area contributed by atoms with Gasteiger partial charge in [0.05, 0.1) is 0 Å². The molecule has 0 aliphatic heterocycles. The molecule has 0 radical (unpaired) electrons. The van der Waals surface area contributed by atoms with Crippen molar-refractivity contribution in [1.82, 2.24) is 9.55 Å². The molecule has 0 aliphatic carbocycles. The molecule has 9 heteroatoms. The minimum absolute atomic E-state index is 0.117. The molecule has 0 unspecified atom stereocenters. The Kier molecular flexibility index (Phi) is 6.47. The smallest absolute Gasteiger partial charge is 0.253 e. The van der Waals surface area contributed by atoms with Gasteiger partial charge in [0, 0.05) is 40.0 Å². The number of hydrogen-bond acceptors (Lipinski definition) is 6. The quantitative estimate of drug-likeness (QED) is 0.521. The third-order valence-electron chi connectivity index (χ3n) is 3.53. The van der Waals surface area contributed by atoms with E-state index in [9.17, 15) is 9.59 Å². The van der Waals surface area contributed by atoms with E-state index in [1.165, 1.54) is 22.7 Å². The zero-order chi connectivity index (χ0) is 18.5. The van der Waals surface area contributed by atoms with Gasteiger partial charge in [-0.1, -0.05) is 28.1 Å². The third-order valence-corrected chi connectivity index (χ3v) is 6.19. The van der Waals surface area contributed by atoms with E-state index in [0.717, 1.165) is 14.9 Å². The molecule has 26 heavy (non-hydrogen) atoms. The number of anilines is 1. The number of aromatic nitrogens is 2. The zero-order valence-electron chi connectivity index (χ0n) is 13.5. The van der Waals surface area contributed by atoms with Crippen molar-refractivity contribution in [2.24, 2.45) is 0 Å². The van der Waals surface area contributed by atoms with Crippen molar-refractivity contribution in [3.8, 4) is 10.4 Å². The Bertz CT molecular complexity index is 980. The molecular weight excluding hydrogens is 454 g/mol. The SMILES string of the molecule is O=C(CCCn1c(=O)cc(-c2ccc(Br)cc2)sc1=S)Nc1nccs1. The minimum atomic E-state index is -0.146. The summed E-state index contributed by atoms with van der Waals surface area (Å²) in [6.45, 7) is 0.417. The molecule has 1 aromatic carbocycles. The van der Waals surface area contributed by atoms with Crippen molar-refractivity contribution in [1.29, 1.82) is 0 Å². The van der Waals surface area contributed by atoms with Gasteiger partial charge in [-0.05, 0) is 36.3 Å². The number of carbonyl (C=O) groups excluding carboxylic acids is 1. The normalized spacial score (nSPS) is 10.7. The summed E-state index contributed by atoms with van der Waals surface area (Å²) in [5.41, 5.74) is 0.809. The van der Waals surface area contributed by atoms with Crippen LogP contribution in [0, 0.1) is 3.95 Å². The number of thiazole rings is 1. The van der Waals surface area contributed by atoms with Crippen molar-refractivity contribution < 1.29 is 4.79 Å². The lowest BCUT2D eigenvalue weighted by Gasteiger charge is -2.07. The second-order valence-electron chi connectivity index (χ2n) is 5.36. The van der Waals surface area contributed by atoms with E-state index >= 15 is 0 Å². The second-order valence-corrected chi connectivity index (χ2v) is 8.85. The van der Waals surface area contributed by atoms with E-state index < -0.39 is 0 Å². The van der Waals surface area contributed by atoms with Crippen LogP contribution in [0.4, 0.5) is 5.13 Å². The third kappa shape index (κ3) is 4.94. The highest BCUT2D eigenvalue weighted by atomic mass is 79.9. The van der Waals surface area contributed by atoms with Gasteiger partial charge < -0.3 is 5.32 Å². The first-order valence-corrected chi connectivity index (χ1v) is 10.6. The van der Waals surface area contributed by atoms with Gasteiger partial charge in [0.25, 0.3) is 5.56 Å². The molecule has 3 rings (SSSR count). The lowest BCUT2D eigenvalue weighted by molar-refractivity contribution is -0.116. The van der Waals surface area contributed by atoms with Gasteiger partial charge in [0.2, 0.25) is 5.91 Å². The van der Waals surface area contributed by atoms with Crippen LogP contribution in [0.15, 0.2) is 51.2 Å². The first-order chi connectivity index (χ1) is 12.5. The molecular formula is C17H14BrN3O2S3. The Balaban J connectivity index is 1.65. The van der Waals surface area contributed by atoms with E-state index in [1.54, 1.807) is 22.2 Å². The second kappa shape index (κ2) is 8.81. The Hall–Kier alpha value is -1.68. The number of benzene rings is 1. The molecule has 0 fully saturated rings. The Morgan fingerprint density at radius 1 is 1.31 bits per heavy atom. The zero-order valence-corrected chi connectivity index (χ0v) is 17.5. The van der Waals surface area contributed by atoms with Crippen molar-refractivity contribution in [3.05, 3.63) is 60.7 Å². The van der Waals surface area contributed by atoms with E-state index in [1.807, 2.05) is 24.3 Å². The summed E-state index contributed by atoms with van der Waals surface area (Å²) in [6, 6.07) is 9.34. The summed E-state index contributed by atoms with van der Waals surface area (Å²) in [5.74, 6) is -0.117.